The SMILES string of the molecule is Cc1ccc(N)c(CF)c1. The third-order valence-corrected chi connectivity index (χ3v) is 1.44. The van der Waals surface area contributed by atoms with Gasteiger partial charge in [-0.1, -0.05) is 17.7 Å². The minimum atomic E-state index is -0.479. The van der Waals surface area contributed by atoms with Crippen molar-refractivity contribution in [2.45, 2.75) is 13.6 Å². The number of rotatable bonds is 1. The van der Waals surface area contributed by atoms with E-state index < -0.39 is 6.67 Å². The second kappa shape index (κ2) is 2.69. The summed E-state index contributed by atoms with van der Waals surface area (Å²) in [6, 6.07) is 5.36. The summed E-state index contributed by atoms with van der Waals surface area (Å²) in [7, 11) is 0. The van der Waals surface area contributed by atoms with Gasteiger partial charge in [-0.05, 0) is 13.0 Å². The van der Waals surface area contributed by atoms with E-state index in [9.17, 15) is 4.39 Å². The van der Waals surface area contributed by atoms with E-state index in [0.717, 1.165) is 5.56 Å². The van der Waals surface area contributed by atoms with Crippen LogP contribution >= 0.6 is 0 Å². The molecule has 2 N–H and O–H groups in total. The van der Waals surface area contributed by atoms with Crippen LogP contribution in [0.15, 0.2) is 18.2 Å². The standard InChI is InChI=1S/C8H10FN/c1-6-2-3-8(10)7(4-6)5-9/h2-4H,5,10H2,1H3. The van der Waals surface area contributed by atoms with Crippen LogP contribution < -0.4 is 5.73 Å². The zero-order chi connectivity index (χ0) is 7.56. The summed E-state index contributed by atoms with van der Waals surface area (Å²) in [5, 5.41) is 0. The average Bonchev–Trinajstić information content (AvgIpc) is 1.94. The molecule has 54 valence electrons. The summed E-state index contributed by atoms with van der Waals surface area (Å²) in [6.45, 7) is 1.44. The van der Waals surface area contributed by atoms with Crippen molar-refractivity contribution in [3.8, 4) is 0 Å². The second-order valence-corrected chi connectivity index (χ2v) is 2.34. The summed E-state index contributed by atoms with van der Waals surface area (Å²) in [6.07, 6.45) is 0. The highest BCUT2D eigenvalue weighted by molar-refractivity contribution is 5.47. The van der Waals surface area contributed by atoms with Gasteiger partial charge in [0, 0.05) is 11.3 Å². The van der Waals surface area contributed by atoms with Gasteiger partial charge in [0.2, 0.25) is 0 Å². The van der Waals surface area contributed by atoms with Gasteiger partial charge in [-0.2, -0.15) is 0 Å². The van der Waals surface area contributed by atoms with E-state index in [1.807, 2.05) is 13.0 Å². The van der Waals surface area contributed by atoms with E-state index in [4.69, 9.17) is 5.73 Å². The van der Waals surface area contributed by atoms with E-state index in [0.29, 0.717) is 11.3 Å². The predicted molar refractivity (Wildman–Crippen MR) is 40.4 cm³/mol. The van der Waals surface area contributed by atoms with Crippen molar-refractivity contribution in [1.82, 2.24) is 0 Å². The molecule has 0 saturated carbocycles. The van der Waals surface area contributed by atoms with Gasteiger partial charge in [-0.3, -0.25) is 0 Å². The molecule has 0 atom stereocenters. The highest BCUT2D eigenvalue weighted by atomic mass is 19.1. The Labute approximate surface area is 59.7 Å². The largest absolute Gasteiger partial charge is 0.398 e. The van der Waals surface area contributed by atoms with E-state index in [1.165, 1.54) is 0 Å². The molecule has 0 amide bonds. The van der Waals surface area contributed by atoms with Crippen LogP contribution in [0.1, 0.15) is 11.1 Å². The van der Waals surface area contributed by atoms with Gasteiger partial charge in [-0.25, -0.2) is 4.39 Å². The molecule has 0 unspecified atom stereocenters. The lowest BCUT2D eigenvalue weighted by Gasteiger charge is -2.00. The molecule has 0 heterocycles. The van der Waals surface area contributed by atoms with Crippen molar-refractivity contribution < 1.29 is 4.39 Å². The molecular weight excluding hydrogens is 129 g/mol. The predicted octanol–water partition coefficient (Wildman–Crippen LogP) is 2.05. The van der Waals surface area contributed by atoms with E-state index >= 15 is 0 Å². The molecule has 0 aliphatic heterocycles. The van der Waals surface area contributed by atoms with Crippen molar-refractivity contribution in [3.63, 3.8) is 0 Å². The maximum atomic E-state index is 12.1. The fourth-order valence-electron chi connectivity index (χ4n) is 0.850. The summed E-state index contributed by atoms with van der Waals surface area (Å²) in [5.74, 6) is 0. The van der Waals surface area contributed by atoms with E-state index in [2.05, 4.69) is 0 Å². The van der Waals surface area contributed by atoms with Crippen molar-refractivity contribution in [3.05, 3.63) is 29.3 Å². The van der Waals surface area contributed by atoms with Gasteiger partial charge in [0.25, 0.3) is 0 Å². The maximum absolute atomic E-state index is 12.1. The molecule has 1 aromatic rings. The van der Waals surface area contributed by atoms with Crippen molar-refractivity contribution >= 4 is 5.69 Å². The van der Waals surface area contributed by atoms with Gasteiger partial charge in [-0.15, -0.1) is 0 Å². The number of benzene rings is 1. The first-order valence-electron chi connectivity index (χ1n) is 3.15. The molecule has 0 aliphatic carbocycles. The fraction of sp³-hybridized carbons (Fsp3) is 0.250. The number of anilines is 1. The van der Waals surface area contributed by atoms with Gasteiger partial charge in [0.05, 0.1) is 0 Å². The monoisotopic (exact) mass is 139 g/mol. The number of nitrogens with two attached hydrogens (primary N) is 1. The van der Waals surface area contributed by atoms with Crippen molar-refractivity contribution in [2.24, 2.45) is 0 Å². The Morgan fingerprint density at radius 2 is 2.20 bits per heavy atom. The molecule has 0 aromatic heterocycles. The number of halogens is 1. The molecule has 1 rings (SSSR count). The third kappa shape index (κ3) is 1.26. The minimum Gasteiger partial charge on any atom is -0.398 e. The Kier molecular flexibility index (Phi) is 1.90. The number of hydrogen-bond donors (Lipinski definition) is 1. The van der Waals surface area contributed by atoms with Crippen LogP contribution in [0.2, 0.25) is 0 Å². The smallest absolute Gasteiger partial charge is 0.117 e. The highest BCUT2D eigenvalue weighted by Crippen LogP contribution is 2.14. The van der Waals surface area contributed by atoms with E-state index in [-0.39, 0.29) is 0 Å². The third-order valence-electron chi connectivity index (χ3n) is 1.44. The molecule has 1 aromatic carbocycles. The molecular formula is C8H10FN. The summed E-state index contributed by atoms with van der Waals surface area (Å²) >= 11 is 0. The lowest BCUT2D eigenvalue weighted by molar-refractivity contribution is 0.486. The molecule has 0 aliphatic rings. The summed E-state index contributed by atoms with van der Waals surface area (Å²) in [5.41, 5.74) is 7.62. The van der Waals surface area contributed by atoms with E-state index in [1.54, 1.807) is 12.1 Å². The van der Waals surface area contributed by atoms with Crippen LogP contribution in [-0.4, -0.2) is 0 Å². The second-order valence-electron chi connectivity index (χ2n) is 2.34. The normalized spacial score (nSPS) is 9.80. The first kappa shape index (κ1) is 7.06. The fourth-order valence-corrected chi connectivity index (χ4v) is 0.850. The first-order chi connectivity index (χ1) is 4.74. The average molecular weight is 139 g/mol. The first-order valence-corrected chi connectivity index (χ1v) is 3.15. The highest BCUT2D eigenvalue weighted by Gasteiger charge is 1.96. The topological polar surface area (TPSA) is 26.0 Å². The molecule has 0 bridgehead atoms. The number of nitrogen functional groups attached to an aromatic ring is 1. The summed E-state index contributed by atoms with van der Waals surface area (Å²) < 4.78 is 12.1. The zero-order valence-electron chi connectivity index (χ0n) is 5.89. The lowest BCUT2D eigenvalue weighted by atomic mass is 10.1. The quantitative estimate of drug-likeness (QED) is 0.592. The maximum Gasteiger partial charge on any atom is 0.117 e. The van der Waals surface area contributed by atoms with Crippen LogP contribution in [0, 0.1) is 6.92 Å². The Bertz CT molecular complexity index is 233. The van der Waals surface area contributed by atoms with Gasteiger partial charge >= 0.3 is 0 Å². The van der Waals surface area contributed by atoms with Crippen LogP contribution in [0.25, 0.3) is 0 Å². The Balaban J connectivity index is 3.09. The van der Waals surface area contributed by atoms with Crippen LogP contribution in [0.4, 0.5) is 10.1 Å². The zero-order valence-corrected chi connectivity index (χ0v) is 5.89. The minimum absolute atomic E-state index is 0.479. The van der Waals surface area contributed by atoms with Crippen molar-refractivity contribution in [1.29, 1.82) is 0 Å². The van der Waals surface area contributed by atoms with Gasteiger partial charge in [0.15, 0.2) is 0 Å². The Hall–Kier alpha value is -1.05. The number of hydrogen-bond acceptors (Lipinski definition) is 1. The van der Waals surface area contributed by atoms with Crippen molar-refractivity contribution in [2.75, 3.05) is 5.73 Å². The summed E-state index contributed by atoms with van der Waals surface area (Å²) in [4.78, 5) is 0. The molecule has 0 fully saturated rings. The Morgan fingerprint density at radius 1 is 1.50 bits per heavy atom. The van der Waals surface area contributed by atoms with Gasteiger partial charge in [0.1, 0.15) is 6.67 Å². The molecule has 0 spiro atoms. The molecule has 10 heavy (non-hydrogen) atoms. The number of alkyl halides is 1. The van der Waals surface area contributed by atoms with Crippen LogP contribution in [0.5, 0.6) is 0 Å². The molecule has 0 saturated heterocycles. The van der Waals surface area contributed by atoms with Gasteiger partial charge < -0.3 is 5.73 Å². The lowest BCUT2D eigenvalue weighted by Crippen LogP contribution is -1.91. The van der Waals surface area contributed by atoms with Crippen LogP contribution in [0.3, 0.4) is 0 Å². The Morgan fingerprint density at radius 3 is 2.70 bits per heavy atom. The van der Waals surface area contributed by atoms with Crippen LogP contribution in [-0.2, 0) is 6.67 Å². The number of aryl methyl sites for hydroxylation is 1. The molecule has 2 heteroatoms. The molecule has 0 radical (unpaired) electrons. The molecule has 1 nitrogen and oxygen atoms in total.